The van der Waals surface area contributed by atoms with Gasteiger partial charge in [0.1, 0.15) is 17.2 Å². The van der Waals surface area contributed by atoms with E-state index in [0.717, 1.165) is 0 Å². The molecule has 1 aliphatic heterocycles. The van der Waals surface area contributed by atoms with Gasteiger partial charge in [0.15, 0.2) is 5.82 Å². The van der Waals surface area contributed by atoms with Gasteiger partial charge in [0.2, 0.25) is 11.8 Å². The van der Waals surface area contributed by atoms with Gasteiger partial charge in [-0.1, -0.05) is 12.1 Å². The predicted molar refractivity (Wildman–Crippen MR) is 113 cm³/mol. The lowest BCUT2D eigenvalue weighted by atomic mass is 10.1. The molecule has 10 nitrogen and oxygen atoms in total. The van der Waals surface area contributed by atoms with Gasteiger partial charge in [-0.3, -0.25) is 9.59 Å². The van der Waals surface area contributed by atoms with Crippen molar-refractivity contribution < 1.29 is 19.1 Å². The van der Waals surface area contributed by atoms with Crippen molar-refractivity contribution >= 4 is 23.2 Å². The monoisotopic (exact) mass is 422 g/mol. The van der Waals surface area contributed by atoms with Crippen LogP contribution >= 0.6 is 0 Å². The zero-order chi connectivity index (χ0) is 22.0. The average molecular weight is 422 g/mol. The summed E-state index contributed by atoms with van der Waals surface area (Å²) in [6, 6.07) is 12.5. The second-order valence-corrected chi connectivity index (χ2v) is 7.09. The number of nitrogens with zero attached hydrogens (tertiary/aromatic N) is 5. The first-order valence-corrected chi connectivity index (χ1v) is 9.69. The number of tetrazole rings is 1. The van der Waals surface area contributed by atoms with Gasteiger partial charge in [-0.15, -0.1) is 5.10 Å². The fourth-order valence-electron chi connectivity index (χ4n) is 3.60. The Kier molecular flexibility index (Phi) is 5.52. The molecule has 1 saturated heterocycles. The Morgan fingerprint density at radius 3 is 2.55 bits per heavy atom. The van der Waals surface area contributed by atoms with Crippen LogP contribution in [0, 0.1) is 12.8 Å². The Hall–Kier alpha value is -3.95. The lowest BCUT2D eigenvalue weighted by Gasteiger charge is -2.19. The number of para-hydroxylation sites is 2. The van der Waals surface area contributed by atoms with Gasteiger partial charge < -0.3 is 19.7 Å². The van der Waals surface area contributed by atoms with Crippen molar-refractivity contribution in [3.63, 3.8) is 0 Å². The largest absolute Gasteiger partial charge is 0.495 e. The normalized spacial score (nSPS) is 15.8. The zero-order valence-corrected chi connectivity index (χ0v) is 17.4. The number of ether oxygens (including phenoxy) is 2. The summed E-state index contributed by atoms with van der Waals surface area (Å²) in [4.78, 5) is 27.1. The average Bonchev–Trinajstić information content (AvgIpc) is 3.39. The number of amides is 2. The fraction of sp³-hybridized carbons (Fsp3) is 0.286. The molecule has 0 spiro atoms. The number of hydrogen-bond acceptors (Lipinski definition) is 7. The minimum absolute atomic E-state index is 0.121. The van der Waals surface area contributed by atoms with Gasteiger partial charge in [-0.05, 0) is 47.7 Å². The molecule has 0 aliphatic carbocycles. The van der Waals surface area contributed by atoms with Gasteiger partial charge >= 0.3 is 0 Å². The van der Waals surface area contributed by atoms with E-state index in [9.17, 15) is 9.59 Å². The maximum absolute atomic E-state index is 12.9. The Bertz CT molecular complexity index is 1130. The number of carbonyl (C=O) groups excluding carboxylic acids is 2. The third kappa shape index (κ3) is 3.91. The molecule has 0 saturated carbocycles. The second-order valence-electron chi connectivity index (χ2n) is 7.09. The van der Waals surface area contributed by atoms with Crippen LogP contribution in [0.5, 0.6) is 11.5 Å². The summed E-state index contributed by atoms with van der Waals surface area (Å²) in [6.07, 6.45) is 0.124. The fourth-order valence-corrected chi connectivity index (χ4v) is 3.60. The first-order chi connectivity index (χ1) is 15.0. The third-order valence-corrected chi connectivity index (χ3v) is 5.17. The van der Waals surface area contributed by atoms with Crippen molar-refractivity contribution in [2.24, 2.45) is 5.92 Å². The molecule has 10 heteroatoms. The molecule has 31 heavy (non-hydrogen) atoms. The number of aryl methyl sites for hydroxylation is 1. The molecule has 2 aromatic carbocycles. The van der Waals surface area contributed by atoms with Crippen LogP contribution in [0.4, 0.5) is 11.4 Å². The van der Waals surface area contributed by atoms with Crippen molar-refractivity contribution in [1.82, 2.24) is 20.2 Å². The van der Waals surface area contributed by atoms with Crippen molar-refractivity contribution in [1.29, 1.82) is 0 Å². The molecule has 2 heterocycles. The molecule has 1 N–H and O–H groups in total. The number of methoxy groups -OCH3 is 2. The number of aromatic nitrogens is 4. The highest BCUT2D eigenvalue weighted by molar-refractivity contribution is 6.04. The number of hydrogen-bond donors (Lipinski definition) is 1. The van der Waals surface area contributed by atoms with E-state index in [-0.39, 0.29) is 24.8 Å². The van der Waals surface area contributed by atoms with Crippen LogP contribution in [0.2, 0.25) is 0 Å². The van der Waals surface area contributed by atoms with Crippen LogP contribution in [0.1, 0.15) is 12.2 Å². The SMILES string of the molecule is COc1ccccc1N1CC(C(=O)Nc2ccc(OC)c(-n3nnnc3C)c2)CC1=O. The van der Waals surface area contributed by atoms with Gasteiger partial charge in [0.25, 0.3) is 0 Å². The van der Waals surface area contributed by atoms with Gasteiger partial charge in [-0.25, -0.2) is 0 Å². The Morgan fingerprint density at radius 1 is 1.10 bits per heavy atom. The third-order valence-electron chi connectivity index (χ3n) is 5.17. The van der Waals surface area contributed by atoms with Gasteiger partial charge in [-0.2, -0.15) is 4.68 Å². The molecule has 4 rings (SSSR count). The molecule has 1 aliphatic rings. The van der Waals surface area contributed by atoms with E-state index in [0.29, 0.717) is 34.4 Å². The summed E-state index contributed by atoms with van der Waals surface area (Å²) in [6.45, 7) is 2.04. The highest BCUT2D eigenvalue weighted by Crippen LogP contribution is 2.33. The number of anilines is 2. The van der Waals surface area contributed by atoms with Crippen molar-refractivity contribution in [3.05, 3.63) is 48.3 Å². The summed E-state index contributed by atoms with van der Waals surface area (Å²) in [5.41, 5.74) is 1.81. The number of rotatable bonds is 6. The Labute approximate surface area is 178 Å². The van der Waals surface area contributed by atoms with E-state index < -0.39 is 5.92 Å². The molecule has 0 bridgehead atoms. The van der Waals surface area contributed by atoms with Gasteiger partial charge in [0, 0.05) is 18.7 Å². The summed E-state index contributed by atoms with van der Waals surface area (Å²) in [5.74, 6) is 0.883. The van der Waals surface area contributed by atoms with Crippen LogP contribution in [-0.4, -0.2) is 52.8 Å². The molecule has 3 aromatic rings. The highest BCUT2D eigenvalue weighted by Gasteiger charge is 2.36. The van der Waals surface area contributed by atoms with Gasteiger partial charge in [0.05, 0.1) is 25.8 Å². The van der Waals surface area contributed by atoms with E-state index in [4.69, 9.17) is 9.47 Å². The summed E-state index contributed by atoms with van der Waals surface area (Å²) >= 11 is 0. The standard InChI is InChI=1S/C21H22N6O4/c1-13-23-24-25-27(13)17-11-15(8-9-19(17)31-3)22-21(29)14-10-20(28)26(12-14)16-6-4-5-7-18(16)30-2/h4-9,11,14H,10,12H2,1-3H3,(H,22,29). The Morgan fingerprint density at radius 2 is 1.84 bits per heavy atom. The molecule has 160 valence electrons. The Balaban J connectivity index is 1.53. The molecule has 0 radical (unpaired) electrons. The molecule has 1 aromatic heterocycles. The number of carbonyl (C=O) groups is 2. The summed E-state index contributed by atoms with van der Waals surface area (Å²) in [7, 11) is 3.10. The summed E-state index contributed by atoms with van der Waals surface area (Å²) in [5, 5.41) is 14.4. The van der Waals surface area contributed by atoms with E-state index in [1.807, 2.05) is 12.1 Å². The maximum atomic E-state index is 12.9. The lowest BCUT2D eigenvalue weighted by molar-refractivity contribution is -0.122. The van der Waals surface area contributed by atoms with E-state index in [1.165, 1.54) is 4.68 Å². The topological polar surface area (TPSA) is 111 Å². The zero-order valence-electron chi connectivity index (χ0n) is 17.4. The lowest BCUT2D eigenvalue weighted by Crippen LogP contribution is -2.28. The maximum Gasteiger partial charge on any atom is 0.229 e. The first-order valence-electron chi connectivity index (χ1n) is 9.69. The highest BCUT2D eigenvalue weighted by atomic mass is 16.5. The molecule has 2 amide bonds. The number of nitrogens with one attached hydrogen (secondary N) is 1. The molecule has 1 atom stereocenters. The van der Waals surface area contributed by atoms with Crippen molar-refractivity contribution in [2.75, 3.05) is 31.0 Å². The molecule has 1 fully saturated rings. The van der Waals surface area contributed by atoms with Crippen LogP contribution < -0.4 is 19.7 Å². The minimum atomic E-state index is -0.488. The van der Waals surface area contributed by atoms with Crippen LogP contribution in [-0.2, 0) is 9.59 Å². The van der Waals surface area contributed by atoms with Crippen LogP contribution in [0.15, 0.2) is 42.5 Å². The molecular formula is C21H22N6O4. The van der Waals surface area contributed by atoms with E-state index in [2.05, 4.69) is 20.8 Å². The van der Waals surface area contributed by atoms with E-state index >= 15 is 0 Å². The van der Waals surface area contributed by atoms with Crippen molar-refractivity contribution in [2.45, 2.75) is 13.3 Å². The molecular weight excluding hydrogens is 400 g/mol. The second kappa shape index (κ2) is 8.42. The van der Waals surface area contributed by atoms with Crippen LogP contribution in [0.3, 0.4) is 0 Å². The smallest absolute Gasteiger partial charge is 0.229 e. The quantitative estimate of drug-likeness (QED) is 0.646. The minimum Gasteiger partial charge on any atom is -0.495 e. The molecule has 1 unspecified atom stereocenters. The predicted octanol–water partition coefficient (Wildman–Crippen LogP) is 1.98. The van der Waals surface area contributed by atoms with Crippen molar-refractivity contribution in [3.8, 4) is 17.2 Å². The number of benzene rings is 2. The first kappa shape index (κ1) is 20.3. The van der Waals surface area contributed by atoms with E-state index in [1.54, 1.807) is 56.4 Å². The van der Waals surface area contributed by atoms with Crippen LogP contribution in [0.25, 0.3) is 5.69 Å². The summed E-state index contributed by atoms with van der Waals surface area (Å²) < 4.78 is 12.3.